The van der Waals surface area contributed by atoms with Crippen LogP contribution in [0.4, 0.5) is 11.4 Å². The average molecular weight is 473 g/mol. The Hall–Kier alpha value is -3.32. The summed E-state index contributed by atoms with van der Waals surface area (Å²) in [5.41, 5.74) is 11.3. The number of fused-ring (bicyclic) bond motifs is 3. The van der Waals surface area contributed by atoms with E-state index in [0.29, 0.717) is 5.41 Å². The van der Waals surface area contributed by atoms with Gasteiger partial charge < -0.3 is 5.32 Å². The highest BCUT2D eigenvalue weighted by molar-refractivity contribution is 5.85. The summed E-state index contributed by atoms with van der Waals surface area (Å²) in [5.74, 6) is -0.592. The number of rotatable bonds is 4. The molecule has 1 fully saturated rings. The zero-order valence-electron chi connectivity index (χ0n) is 23.0. The molecule has 0 aromatic heterocycles. The predicted molar refractivity (Wildman–Crippen MR) is 154 cm³/mol. The van der Waals surface area contributed by atoms with Crippen LogP contribution < -0.4 is 5.32 Å². The molecule has 4 aromatic rings. The molecule has 1 N–H and O–H groups in total. The van der Waals surface area contributed by atoms with Crippen LogP contribution in [-0.4, -0.2) is 0 Å². The summed E-state index contributed by atoms with van der Waals surface area (Å²) >= 11 is 0. The summed E-state index contributed by atoms with van der Waals surface area (Å²) in [6.07, 6.45) is 3.95. The third-order valence-corrected chi connectivity index (χ3v) is 8.56. The minimum atomic E-state index is -0.592. The van der Waals surface area contributed by atoms with Crippen LogP contribution in [-0.2, 0) is 5.41 Å². The summed E-state index contributed by atoms with van der Waals surface area (Å²) in [7, 11) is 0. The van der Waals surface area contributed by atoms with Crippen LogP contribution in [0.5, 0.6) is 0 Å². The normalized spacial score (nSPS) is 19.2. The summed E-state index contributed by atoms with van der Waals surface area (Å²) in [4.78, 5) is 0. The van der Waals surface area contributed by atoms with Gasteiger partial charge in [-0.15, -0.1) is 0 Å². The maximum Gasteiger partial charge on any atom is 0.0423 e. The van der Waals surface area contributed by atoms with Gasteiger partial charge in [0.15, 0.2) is 0 Å². The van der Waals surface area contributed by atoms with Crippen molar-refractivity contribution in [2.45, 2.75) is 64.7 Å². The van der Waals surface area contributed by atoms with E-state index in [2.05, 4.69) is 124 Å². The molecule has 0 saturated heterocycles. The fraction of sp³-hybridized carbons (Fsp3) is 0.314. The Bertz CT molecular complexity index is 1450. The van der Waals surface area contributed by atoms with Crippen molar-refractivity contribution in [2.24, 2.45) is 5.41 Å². The van der Waals surface area contributed by atoms with Crippen LogP contribution in [0.3, 0.4) is 0 Å². The second kappa shape index (κ2) is 8.66. The third-order valence-electron chi connectivity index (χ3n) is 8.56. The molecule has 36 heavy (non-hydrogen) atoms. The molecule has 2 aliphatic rings. The average Bonchev–Trinajstić information content (AvgIpc) is 3.12. The van der Waals surface area contributed by atoms with E-state index in [0.717, 1.165) is 42.6 Å². The highest BCUT2D eigenvalue weighted by Gasteiger charge is 2.37. The molecule has 0 radical (unpaired) electrons. The minimum absolute atomic E-state index is 0.0729. The highest BCUT2D eigenvalue weighted by Crippen LogP contribution is 2.53. The van der Waals surface area contributed by atoms with Crippen molar-refractivity contribution >= 4 is 11.4 Å². The Balaban J connectivity index is 1.48. The van der Waals surface area contributed by atoms with Crippen LogP contribution >= 0.6 is 0 Å². The molecule has 0 aliphatic heterocycles. The van der Waals surface area contributed by atoms with E-state index < -0.39 is 5.89 Å². The molecule has 1 nitrogen and oxygen atoms in total. The Kier molecular flexibility index (Phi) is 5.27. The molecule has 4 aromatic carbocycles. The Morgan fingerprint density at radius 1 is 0.694 bits per heavy atom. The topological polar surface area (TPSA) is 12.0 Å². The first-order valence-electron chi connectivity index (χ1n) is 13.9. The van der Waals surface area contributed by atoms with E-state index in [1.54, 1.807) is 0 Å². The van der Waals surface area contributed by atoms with E-state index in [-0.39, 0.29) is 5.41 Å². The van der Waals surface area contributed by atoms with E-state index in [1.807, 2.05) is 0 Å². The minimum Gasteiger partial charge on any atom is -0.355 e. The predicted octanol–water partition coefficient (Wildman–Crippen LogP) is 10.1. The fourth-order valence-electron chi connectivity index (χ4n) is 6.20. The zero-order valence-corrected chi connectivity index (χ0v) is 22.0. The van der Waals surface area contributed by atoms with Crippen LogP contribution in [0.15, 0.2) is 91.0 Å². The number of hydrogen-bond acceptors (Lipinski definition) is 1. The van der Waals surface area contributed by atoms with E-state index in [9.17, 15) is 1.37 Å². The number of benzene rings is 4. The highest BCUT2D eigenvalue weighted by atomic mass is 14.9. The SMILES string of the molecule is [2H]C1(c2cc3c(cc2Nc2cccc(-c4ccccc4)c2)C(C)(C)c2ccccc2-3)CCC(C)(C)CC1. The first-order chi connectivity index (χ1) is 17.7. The van der Waals surface area contributed by atoms with E-state index in [1.165, 1.54) is 33.4 Å². The molecule has 6 rings (SSSR count). The number of anilines is 2. The van der Waals surface area contributed by atoms with Gasteiger partial charge in [0.1, 0.15) is 0 Å². The van der Waals surface area contributed by atoms with Crippen molar-refractivity contribution in [2.75, 3.05) is 5.32 Å². The third kappa shape index (κ3) is 4.05. The van der Waals surface area contributed by atoms with Gasteiger partial charge >= 0.3 is 0 Å². The monoisotopic (exact) mass is 472 g/mol. The van der Waals surface area contributed by atoms with Crippen LogP contribution in [0.25, 0.3) is 22.3 Å². The Morgan fingerprint density at radius 2 is 1.39 bits per heavy atom. The molecule has 182 valence electrons. The maximum atomic E-state index is 9.73. The lowest BCUT2D eigenvalue weighted by atomic mass is 9.70. The lowest BCUT2D eigenvalue weighted by molar-refractivity contribution is 0.225. The largest absolute Gasteiger partial charge is 0.355 e. The van der Waals surface area contributed by atoms with Crippen LogP contribution in [0.1, 0.15) is 77.3 Å². The Morgan fingerprint density at radius 3 is 2.17 bits per heavy atom. The quantitative estimate of drug-likeness (QED) is 0.311. The lowest BCUT2D eigenvalue weighted by Crippen LogP contribution is -2.21. The van der Waals surface area contributed by atoms with Crippen molar-refractivity contribution in [3.8, 4) is 22.3 Å². The molecule has 1 heteroatoms. The molecule has 0 unspecified atom stereocenters. The van der Waals surface area contributed by atoms with Gasteiger partial charge in [0.25, 0.3) is 0 Å². The van der Waals surface area contributed by atoms with Crippen molar-refractivity contribution in [3.05, 3.63) is 108 Å². The molecule has 0 atom stereocenters. The van der Waals surface area contributed by atoms with Crippen LogP contribution in [0, 0.1) is 5.41 Å². The van der Waals surface area contributed by atoms with Gasteiger partial charge in [-0.3, -0.25) is 0 Å². The summed E-state index contributed by atoms with van der Waals surface area (Å²) in [6.45, 7) is 9.36. The molecule has 2 aliphatic carbocycles. The first-order valence-corrected chi connectivity index (χ1v) is 13.4. The standard InChI is InChI=1S/C35H37N/c1-34(2)19-17-25(18-20-34)29-22-30-28-15-8-9-16-31(28)35(3,4)32(30)23-33(29)36-27-14-10-13-26(21-27)24-11-6-5-7-12-24/h5-16,21-23,25,36H,17-20H2,1-4H3/i25D. The van der Waals surface area contributed by atoms with Gasteiger partial charge in [0, 0.05) is 18.2 Å². The molecule has 0 spiro atoms. The fourth-order valence-corrected chi connectivity index (χ4v) is 6.20. The lowest BCUT2D eigenvalue weighted by Gasteiger charge is -2.35. The summed E-state index contributed by atoms with van der Waals surface area (Å²) in [6, 6.07) is 32.7. The number of nitrogens with one attached hydrogen (secondary N) is 1. The molecule has 0 amide bonds. The van der Waals surface area contributed by atoms with Crippen molar-refractivity contribution in [3.63, 3.8) is 0 Å². The van der Waals surface area contributed by atoms with Crippen molar-refractivity contribution < 1.29 is 1.37 Å². The van der Waals surface area contributed by atoms with E-state index >= 15 is 0 Å². The van der Waals surface area contributed by atoms with Crippen molar-refractivity contribution in [1.29, 1.82) is 0 Å². The second-order valence-corrected chi connectivity index (χ2v) is 12.0. The number of hydrogen-bond donors (Lipinski definition) is 1. The molecular weight excluding hydrogens is 434 g/mol. The van der Waals surface area contributed by atoms with Gasteiger partial charge in [-0.1, -0.05) is 94.4 Å². The van der Waals surface area contributed by atoms with Gasteiger partial charge in [0.05, 0.1) is 0 Å². The molecular formula is C35H37N. The zero-order chi connectivity index (χ0) is 25.8. The molecule has 1 saturated carbocycles. The van der Waals surface area contributed by atoms with Gasteiger partial charge in [-0.2, -0.15) is 0 Å². The van der Waals surface area contributed by atoms with E-state index in [4.69, 9.17) is 0 Å². The maximum absolute atomic E-state index is 9.73. The van der Waals surface area contributed by atoms with Gasteiger partial charge in [0.2, 0.25) is 0 Å². The summed E-state index contributed by atoms with van der Waals surface area (Å²) < 4.78 is 9.73. The smallest absolute Gasteiger partial charge is 0.0423 e. The van der Waals surface area contributed by atoms with Crippen LogP contribution in [0.2, 0.25) is 0 Å². The molecule has 0 bridgehead atoms. The second-order valence-electron chi connectivity index (χ2n) is 12.0. The van der Waals surface area contributed by atoms with Crippen molar-refractivity contribution in [1.82, 2.24) is 0 Å². The van der Waals surface area contributed by atoms with Gasteiger partial charge in [-0.05, 0) is 100 Å². The summed E-state index contributed by atoms with van der Waals surface area (Å²) in [5, 5.41) is 3.80. The Labute approximate surface area is 218 Å². The first kappa shape index (κ1) is 21.9. The molecule has 0 heterocycles. The van der Waals surface area contributed by atoms with Gasteiger partial charge in [-0.25, -0.2) is 0 Å².